The van der Waals surface area contributed by atoms with Crippen LogP contribution < -0.4 is 5.32 Å². The molecule has 1 N–H and O–H groups in total. The molecule has 0 spiro atoms. The molecule has 3 amide bonds. The summed E-state index contributed by atoms with van der Waals surface area (Å²) in [5.74, 6) is -0.514. The lowest BCUT2D eigenvalue weighted by molar-refractivity contribution is -0.134. The third-order valence-electron chi connectivity index (χ3n) is 5.16. The van der Waals surface area contributed by atoms with Crippen molar-refractivity contribution in [2.45, 2.75) is 38.8 Å². The minimum Gasteiger partial charge on any atom is -0.459 e. The van der Waals surface area contributed by atoms with Gasteiger partial charge < -0.3 is 19.5 Å². The number of benzene rings is 1. The van der Waals surface area contributed by atoms with Gasteiger partial charge in [0.15, 0.2) is 5.76 Å². The summed E-state index contributed by atoms with van der Waals surface area (Å²) in [6, 6.07) is 12.4. The van der Waals surface area contributed by atoms with Crippen LogP contribution in [0.15, 0.2) is 53.1 Å². The summed E-state index contributed by atoms with van der Waals surface area (Å²) in [5.41, 5.74) is 1.04. The number of carbonyl (C=O) groups excluding carboxylic acids is 3. The van der Waals surface area contributed by atoms with Crippen molar-refractivity contribution in [3.05, 3.63) is 60.1 Å². The Bertz CT molecular complexity index is 820. The molecule has 0 radical (unpaired) electrons. The Morgan fingerprint density at radius 2 is 1.93 bits per heavy atom. The third-order valence-corrected chi connectivity index (χ3v) is 5.16. The van der Waals surface area contributed by atoms with Crippen LogP contribution in [0.2, 0.25) is 0 Å². The Hall–Kier alpha value is -3.09. The summed E-state index contributed by atoms with van der Waals surface area (Å²) in [4.78, 5) is 41.2. The fourth-order valence-corrected chi connectivity index (χ4v) is 3.56. The molecule has 3 rings (SSSR count). The molecule has 0 saturated carbocycles. The fraction of sp³-hybridized carbons (Fsp3) is 0.409. The highest BCUT2D eigenvalue weighted by molar-refractivity contribution is 5.96. The lowest BCUT2D eigenvalue weighted by atomic mass is 10.0. The number of piperidine rings is 1. The van der Waals surface area contributed by atoms with Crippen LogP contribution in [-0.4, -0.2) is 53.2 Å². The number of amides is 3. The van der Waals surface area contributed by atoms with E-state index in [1.54, 1.807) is 21.9 Å². The van der Waals surface area contributed by atoms with Gasteiger partial charge >= 0.3 is 0 Å². The zero-order valence-electron chi connectivity index (χ0n) is 16.7. The van der Waals surface area contributed by atoms with Gasteiger partial charge in [-0.2, -0.15) is 0 Å². The quantitative estimate of drug-likeness (QED) is 0.778. The van der Waals surface area contributed by atoms with Crippen LogP contribution in [0.25, 0.3) is 0 Å². The lowest BCUT2D eigenvalue weighted by Crippen LogP contribution is -2.53. The Labute approximate surface area is 170 Å². The van der Waals surface area contributed by atoms with E-state index in [1.807, 2.05) is 37.3 Å². The van der Waals surface area contributed by atoms with Crippen molar-refractivity contribution >= 4 is 17.7 Å². The molecular formula is C22H27N3O4. The normalized spacial score (nSPS) is 16.3. The van der Waals surface area contributed by atoms with Crippen LogP contribution >= 0.6 is 0 Å². The van der Waals surface area contributed by atoms with Crippen molar-refractivity contribution in [1.29, 1.82) is 0 Å². The third kappa shape index (κ3) is 5.25. The second-order valence-electron chi connectivity index (χ2n) is 7.10. The number of likely N-dealkylation sites (tertiary alicyclic amines) is 1. The van der Waals surface area contributed by atoms with Gasteiger partial charge in [0.05, 0.1) is 12.8 Å². The number of hydrogen-bond donors (Lipinski definition) is 1. The minimum absolute atomic E-state index is 0.0845. The summed E-state index contributed by atoms with van der Waals surface area (Å²) in [7, 11) is 0. The van der Waals surface area contributed by atoms with E-state index in [4.69, 9.17) is 4.42 Å². The molecule has 1 aliphatic heterocycles. The van der Waals surface area contributed by atoms with Gasteiger partial charge in [0.1, 0.15) is 6.04 Å². The highest BCUT2D eigenvalue weighted by atomic mass is 16.3. The molecular weight excluding hydrogens is 370 g/mol. The van der Waals surface area contributed by atoms with E-state index < -0.39 is 6.04 Å². The topological polar surface area (TPSA) is 82.9 Å². The highest BCUT2D eigenvalue weighted by Gasteiger charge is 2.33. The first-order valence-electron chi connectivity index (χ1n) is 10.0. The zero-order chi connectivity index (χ0) is 20.6. The Balaban J connectivity index is 1.57. The van der Waals surface area contributed by atoms with Crippen LogP contribution in [0.4, 0.5) is 0 Å². The van der Waals surface area contributed by atoms with Crippen molar-refractivity contribution in [3.63, 3.8) is 0 Å². The van der Waals surface area contributed by atoms with Gasteiger partial charge in [-0.1, -0.05) is 30.3 Å². The predicted octanol–water partition coefficient (Wildman–Crippen LogP) is 2.44. The first kappa shape index (κ1) is 20.6. The number of nitrogens with one attached hydrogen (secondary N) is 1. The number of carbonyl (C=O) groups is 3. The van der Waals surface area contributed by atoms with Gasteiger partial charge in [-0.05, 0) is 43.9 Å². The summed E-state index contributed by atoms with van der Waals surface area (Å²) < 4.78 is 5.19. The van der Waals surface area contributed by atoms with Crippen LogP contribution in [-0.2, 0) is 16.1 Å². The maximum absolute atomic E-state index is 12.7. The van der Waals surface area contributed by atoms with E-state index in [0.717, 1.165) is 18.4 Å². The highest BCUT2D eigenvalue weighted by Crippen LogP contribution is 2.20. The molecule has 154 valence electrons. The standard InChI is InChI=1S/C22H27N3O4/c1-2-24(16-17-9-4-3-5-10-17)20(26)15-23-21(27)18-11-6-7-13-25(18)22(28)19-12-8-14-29-19/h3-5,8-10,12,14,18H,2,6-7,11,13,15-16H2,1H3,(H,23,27). The first-order valence-corrected chi connectivity index (χ1v) is 10.0. The minimum atomic E-state index is -0.585. The summed E-state index contributed by atoms with van der Waals surface area (Å²) in [6.45, 7) is 3.38. The van der Waals surface area contributed by atoms with Crippen molar-refractivity contribution < 1.29 is 18.8 Å². The van der Waals surface area contributed by atoms with Crippen molar-refractivity contribution in [2.75, 3.05) is 19.6 Å². The predicted molar refractivity (Wildman–Crippen MR) is 108 cm³/mol. The number of rotatable bonds is 7. The van der Waals surface area contributed by atoms with Gasteiger partial charge in [0, 0.05) is 19.6 Å². The first-order chi connectivity index (χ1) is 14.1. The average molecular weight is 397 g/mol. The van der Waals surface area contributed by atoms with Crippen LogP contribution in [0.1, 0.15) is 42.3 Å². The largest absolute Gasteiger partial charge is 0.459 e. The molecule has 29 heavy (non-hydrogen) atoms. The maximum atomic E-state index is 12.7. The monoisotopic (exact) mass is 397 g/mol. The van der Waals surface area contributed by atoms with Crippen LogP contribution in [0, 0.1) is 0 Å². The summed E-state index contributed by atoms with van der Waals surface area (Å²) >= 11 is 0. The van der Waals surface area contributed by atoms with Crippen molar-refractivity contribution in [2.24, 2.45) is 0 Å². The molecule has 7 nitrogen and oxygen atoms in total. The van der Waals surface area contributed by atoms with E-state index in [1.165, 1.54) is 6.26 Å². The van der Waals surface area contributed by atoms with E-state index in [0.29, 0.717) is 26.1 Å². The fourth-order valence-electron chi connectivity index (χ4n) is 3.56. The second-order valence-corrected chi connectivity index (χ2v) is 7.10. The van der Waals surface area contributed by atoms with Gasteiger partial charge in [-0.3, -0.25) is 14.4 Å². The van der Waals surface area contributed by atoms with E-state index in [-0.39, 0.29) is 30.0 Å². The molecule has 1 aromatic carbocycles. The smallest absolute Gasteiger partial charge is 0.290 e. The van der Waals surface area contributed by atoms with Gasteiger partial charge in [0.2, 0.25) is 11.8 Å². The zero-order valence-corrected chi connectivity index (χ0v) is 16.7. The van der Waals surface area contributed by atoms with E-state index in [2.05, 4.69) is 5.32 Å². The lowest BCUT2D eigenvalue weighted by Gasteiger charge is -2.34. The Morgan fingerprint density at radius 3 is 2.62 bits per heavy atom. The summed E-state index contributed by atoms with van der Waals surface area (Å²) in [6.07, 6.45) is 3.73. The van der Waals surface area contributed by atoms with Crippen molar-refractivity contribution in [3.8, 4) is 0 Å². The van der Waals surface area contributed by atoms with E-state index >= 15 is 0 Å². The molecule has 1 aromatic heterocycles. The molecule has 1 fully saturated rings. The number of furan rings is 1. The molecule has 1 atom stereocenters. The van der Waals surface area contributed by atoms with E-state index in [9.17, 15) is 14.4 Å². The Morgan fingerprint density at radius 1 is 1.14 bits per heavy atom. The number of hydrogen-bond acceptors (Lipinski definition) is 4. The van der Waals surface area contributed by atoms with Gasteiger partial charge in [-0.25, -0.2) is 0 Å². The molecule has 0 aliphatic carbocycles. The second kappa shape index (κ2) is 9.91. The summed E-state index contributed by atoms with van der Waals surface area (Å²) in [5, 5.41) is 2.73. The molecule has 2 aromatic rings. The maximum Gasteiger partial charge on any atom is 0.290 e. The van der Waals surface area contributed by atoms with Gasteiger partial charge in [0.25, 0.3) is 5.91 Å². The molecule has 2 heterocycles. The Kier molecular flexibility index (Phi) is 7.05. The molecule has 1 aliphatic rings. The van der Waals surface area contributed by atoms with Crippen molar-refractivity contribution in [1.82, 2.24) is 15.1 Å². The molecule has 1 saturated heterocycles. The molecule has 0 bridgehead atoms. The number of likely N-dealkylation sites (N-methyl/N-ethyl adjacent to an activating group) is 1. The van der Waals surface area contributed by atoms with Gasteiger partial charge in [-0.15, -0.1) is 0 Å². The SMILES string of the molecule is CCN(Cc1ccccc1)C(=O)CNC(=O)C1CCCCN1C(=O)c1ccco1. The molecule has 7 heteroatoms. The van der Waals surface area contributed by atoms with Crippen LogP contribution in [0.5, 0.6) is 0 Å². The molecule has 1 unspecified atom stereocenters. The van der Waals surface area contributed by atoms with Crippen LogP contribution in [0.3, 0.4) is 0 Å². The number of nitrogens with zero attached hydrogens (tertiary/aromatic N) is 2. The average Bonchev–Trinajstić information content (AvgIpc) is 3.30.